The maximum absolute atomic E-state index is 12.9. The van der Waals surface area contributed by atoms with Crippen LogP contribution in [0, 0.1) is 5.92 Å². The molecule has 1 N–H and O–H groups in total. The molecule has 0 saturated carbocycles. The highest BCUT2D eigenvalue weighted by Gasteiger charge is 2.26. The maximum atomic E-state index is 12.9. The Morgan fingerprint density at radius 2 is 1.88 bits per heavy atom. The minimum absolute atomic E-state index is 0.162. The number of aliphatic hydroxyl groups is 1. The first-order valence-electron chi connectivity index (χ1n) is 8.44. The topological polar surface area (TPSA) is 75.4 Å². The average Bonchev–Trinajstić information content (AvgIpc) is 2.57. The number of likely N-dealkylation sites (tertiary alicyclic amines) is 1. The van der Waals surface area contributed by atoms with E-state index in [1.807, 2.05) is 19.9 Å². The standard InChI is InChI=1S/C18H23N3O3/c1-12(2)11-21-17(23)15-6-4-3-5-14(15)16(19-21)18(24)20-9-7-13(22)8-10-20/h3-6,12-13,22H,7-11H2,1-2H3. The van der Waals surface area contributed by atoms with Gasteiger partial charge in [0.15, 0.2) is 5.69 Å². The van der Waals surface area contributed by atoms with E-state index in [9.17, 15) is 14.7 Å². The maximum Gasteiger partial charge on any atom is 0.274 e. The molecule has 1 aliphatic heterocycles. The number of hydrogen-bond donors (Lipinski definition) is 1. The van der Waals surface area contributed by atoms with Crippen LogP contribution in [0.1, 0.15) is 37.2 Å². The Bertz CT molecular complexity index is 805. The summed E-state index contributed by atoms with van der Waals surface area (Å²) in [6.45, 7) is 5.52. The lowest BCUT2D eigenvalue weighted by Crippen LogP contribution is -2.41. The number of amides is 1. The first kappa shape index (κ1) is 16.6. The Hall–Kier alpha value is -2.21. The van der Waals surface area contributed by atoms with Crippen molar-refractivity contribution in [1.29, 1.82) is 0 Å². The lowest BCUT2D eigenvalue weighted by atomic mass is 10.1. The summed E-state index contributed by atoms with van der Waals surface area (Å²) in [7, 11) is 0. The summed E-state index contributed by atoms with van der Waals surface area (Å²) in [5, 5.41) is 15.1. The molecule has 128 valence electrons. The summed E-state index contributed by atoms with van der Waals surface area (Å²) >= 11 is 0. The number of carbonyl (C=O) groups excluding carboxylic acids is 1. The number of hydrogen-bond acceptors (Lipinski definition) is 4. The summed E-state index contributed by atoms with van der Waals surface area (Å²) in [6, 6.07) is 7.13. The second-order valence-corrected chi connectivity index (χ2v) is 6.80. The van der Waals surface area contributed by atoms with Crippen molar-refractivity contribution in [2.24, 2.45) is 5.92 Å². The van der Waals surface area contributed by atoms with E-state index in [2.05, 4.69) is 5.10 Å². The van der Waals surface area contributed by atoms with Gasteiger partial charge in [0, 0.05) is 25.0 Å². The molecule has 1 aliphatic rings. The van der Waals surface area contributed by atoms with Gasteiger partial charge in [0.1, 0.15) is 0 Å². The predicted octanol–water partition coefficient (Wildman–Crippen LogP) is 1.65. The van der Waals surface area contributed by atoms with E-state index in [0.29, 0.717) is 48.9 Å². The zero-order valence-electron chi connectivity index (χ0n) is 14.1. The molecule has 3 rings (SSSR count). The van der Waals surface area contributed by atoms with E-state index in [1.165, 1.54) is 4.68 Å². The summed E-state index contributed by atoms with van der Waals surface area (Å²) < 4.78 is 1.40. The van der Waals surface area contributed by atoms with Crippen molar-refractivity contribution in [3.63, 3.8) is 0 Å². The Morgan fingerprint density at radius 1 is 1.25 bits per heavy atom. The fourth-order valence-electron chi connectivity index (χ4n) is 3.08. The molecule has 0 aliphatic carbocycles. The summed E-state index contributed by atoms with van der Waals surface area (Å²) in [6.07, 6.45) is 0.818. The van der Waals surface area contributed by atoms with Crippen LogP contribution in [0.25, 0.3) is 10.8 Å². The van der Waals surface area contributed by atoms with Gasteiger partial charge in [-0.3, -0.25) is 9.59 Å². The van der Waals surface area contributed by atoms with Crippen LogP contribution in [0.4, 0.5) is 0 Å². The largest absolute Gasteiger partial charge is 0.393 e. The fourth-order valence-corrected chi connectivity index (χ4v) is 3.08. The summed E-state index contributed by atoms with van der Waals surface area (Å²) in [5.41, 5.74) is 0.159. The SMILES string of the molecule is CC(C)Cn1nc(C(=O)N2CCC(O)CC2)c2ccccc2c1=O. The van der Waals surface area contributed by atoms with Gasteiger partial charge in [-0.25, -0.2) is 4.68 Å². The van der Waals surface area contributed by atoms with Crippen molar-refractivity contribution in [2.45, 2.75) is 39.3 Å². The quantitative estimate of drug-likeness (QED) is 0.929. The molecule has 6 heteroatoms. The third kappa shape index (κ3) is 3.19. The molecular weight excluding hydrogens is 306 g/mol. The number of nitrogens with zero attached hydrogens (tertiary/aromatic N) is 3. The molecule has 1 saturated heterocycles. The van der Waals surface area contributed by atoms with Gasteiger partial charge >= 0.3 is 0 Å². The highest BCUT2D eigenvalue weighted by molar-refractivity contribution is 6.04. The molecule has 0 atom stereocenters. The van der Waals surface area contributed by atoms with Crippen molar-refractivity contribution in [3.8, 4) is 0 Å². The van der Waals surface area contributed by atoms with Crippen LogP contribution in [0.15, 0.2) is 29.1 Å². The first-order chi connectivity index (χ1) is 11.5. The van der Waals surface area contributed by atoms with Crippen LogP contribution in [0.2, 0.25) is 0 Å². The highest BCUT2D eigenvalue weighted by atomic mass is 16.3. The van der Waals surface area contributed by atoms with Crippen LogP contribution in [0.5, 0.6) is 0 Å². The van der Waals surface area contributed by atoms with Crippen molar-refractivity contribution in [2.75, 3.05) is 13.1 Å². The first-order valence-corrected chi connectivity index (χ1v) is 8.44. The molecule has 1 fully saturated rings. The van der Waals surface area contributed by atoms with Crippen molar-refractivity contribution in [3.05, 3.63) is 40.3 Å². The van der Waals surface area contributed by atoms with E-state index in [0.717, 1.165) is 0 Å². The van der Waals surface area contributed by atoms with E-state index in [-0.39, 0.29) is 23.5 Å². The third-order valence-corrected chi connectivity index (χ3v) is 4.36. The van der Waals surface area contributed by atoms with Gasteiger partial charge in [0.05, 0.1) is 11.5 Å². The lowest BCUT2D eigenvalue weighted by molar-refractivity contribution is 0.0541. The van der Waals surface area contributed by atoms with E-state index < -0.39 is 0 Å². The van der Waals surface area contributed by atoms with Crippen molar-refractivity contribution < 1.29 is 9.90 Å². The fraction of sp³-hybridized carbons (Fsp3) is 0.500. The Labute approximate surface area is 140 Å². The molecule has 0 bridgehead atoms. The highest BCUT2D eigenvalue weighted by Crippen LogP contribution is 2.18. The lowest BCUT2D eigenvalue weighted by Gasteiger charge is -2.29. The number of aromatic nitrogens is 2. The third-order valence-electron chi connectivity index (χ3n) is 4.36. The van der Waals surface area contributed by atoms with Gasteiger partial charge in [-0.1, -0.05) is 32.0 Å². The molecule has 0 spiro atoms. The average molecular weight is 329 g/mol. The van der Waals surface area contributed by atoms with Gasteiger partial charge in [-0.05, 0) is 24.8 Å². The Kier molecular flexibility index (Phi) is 4.66. The van der Waals surface area contributed by atoms with E-state index >= 15 is 0 Å². The second kappa shape index (κ2) is 6.73. The van der Waals surface area contributed by atoms with Crippen molar-refractivity contribution in [1.82, 2.24) is 14.7 Å². The Morgan fingerprint density at radius 3 is 2.50 bits per heavy atom. The van der Waals surface area contributed by atoms with Gasteiger partial charge in [0.25, 0.3) is 11.5 Å². The summed E-state index contributed by atoms with van der Waals surface area (Å²) in [4.78, 5) is 27.3. The molecule has 1 amide bonds. The molecule has 1 aromatic heterocycles. The van der Waals surface area contributed by atoms with E-state index in [1.54, 1.807) is 23.1 Å². The van der Waals surface area contributed by atoms with E-state index in [4.69, 9.17) is 0 Å². The molecule has 1 aromatic carbocycles. The van der Waals surface area contributed by atoms with Crippen molar-refractivity contribution >= 4 is 16.7 Å². The summed E-state index contributed by atoms with van der Waals surface area (Å²) in [5.74, 6) is 0.0834. The molecule has 6 nitrogen and oxygen atoms in total. The van der Waals surface area contributed by atoms with Gasteiger partial charge in [-0.2, -0.15) is 5.10 Å². The number of carbonyl (C=O) groups is 1. The monoisotopic (exact) mass is 329 g/mol. The molecule has 2 heterocycles. The zero-order chi connectivity index (χ0) is 17.3. The number of piperidine rings is 1. The van der Waals surface area contributed by atoms with Crippen LogP contribution in [-0.2, 0) is 6.54 Å². The molecular formula is C18H23N3O3. The Balaban J connectivity index is 2.07. The van der Waals surface area contributed by atoms with Gasteiger partial charge < -0.3 is 10.0 Å². The van der Waals surface area contributed by atoms with Crippen LogP contribution in [-0.4, -0.2) is 44.9 Å². The predicted molar refractivity (Wildman–Crippen MR) is 92.0 cm³/mol. The number of fused-ring (bicyclic) bond motifs is 1. The van der Waals surface area contributed by atoms with Gasteiger partial charge in [0.2, 0.25) is 0 Å². The molecule has 2 aromatic rings. The van der Waals surface area contributed by atoms with Gasteiger partial charge in [-0.15, -0.1) is 0 Å². The molecule has 0 unspecified atom stereocenters. The second-order valence-electron chi connectivity index (χ2n) is 6.80. The normalized spacial score (nSPS) is 16.1. The van der Waals surface area contributed by atoms with Crippen LogP contribution >= 0.6 is 0 Å². The minimum atomic E-state index is -0.339. The number of aliphatic hydroxyl groups excluding tert-OH is 1. The zero-order valence-corrected chi connectivity index (χ0v) is 14.1. The molecule has 24 heavy (non-hydrogen) atoms. The van der Waals surface area contributed by atoms with Crippen LogP contribution in [0.3, 0.4) is 0 Å². The number of benzene rings is 1. The number of rotatable bonds is 3. The smallest absolute Gasteiger partial charge is 0.274 e. The molecule has 0 radical (unpaired) electrons. The minimum Gasteiger partial charge on any atom is -0.393 e. The van der Waals surface area contributed by atoms with Crippen LogP contribution < -0.4 is 5.56 Å².